The van der Waals surface area contributed by atoms with Gasteiger partial charge >= 0.3 is 5.97 Å². The van der Waals surface area contributed by atoms with E-state index in [1.807, 2.05) is 13.0 Å². The third-order valence-electron chi connectivity index (χ3n) is 4.64. The number of esters is 1. The van der Waals surface area contributed by atoms with Gasteiger partial charge in [0.2, 0.25) is 0 Å². The minimum Gasteiger partial charge on any atom is -0.493 e. The van der Waals surface area contributed by atoms with Crippen LogP contribution in [0.5, 0.6) is 11.5 Å². The van der Waals surface area contributed by atoms with E-state index >= 15 is 0 Å². The maximum absolute atomic E-state index is 12.4. The van der Waals surface area contributed by atoms with Crippen molar-refractivity contribution < 1.29 is 23.9 Å². The first kappa shape index (κ1) is 25.7. The molecule has 2 amide bonds. The molecule has 3 aromatic carbocycles. The largest absolute Gasteiger partial charge is 0.493 e. The molecule has 2 N–H and O–H groups in total. The van der Waals surface area contributed by atoms with Gasteiger partial charge < -0.3 is 14.8 Å². The van der Waals surface area contributed by atoms with E-state index in [2.05, 4.69) is 15.8 Å². The van der Waals surface area contributed by atoms with E-state index in [1.165, 1.54) is 37.6 Å². The highest BCUT2D eigenvalue weighted by molar-refractivity contribution is 6.42. The Kier molecular flexibility index (Phi) is 8.83. The van der Waals surface area contributed by atoms with Crippen molar-refractivity contribution in [3.05, 3.63) is 93.0 Å². The van der Waals surface area contributed by atoms with Crippen LogP contribution in [0.1, 0.15) is 31.8 Å². The summed E-state index contributed by atoms with van der Waals surface area (Å²) in [7, 11) is 1.42. The number of amides is 2. The molecule has 3 rings (SSSR count). The maximum atomic E-state index is 12.4. The van der Waals surface area contributed by atoms with Crippen LogP contribution in [0.15, 0.2) is 65.8 Å². The maximum Gasteiger partial charge on any atom is 0.343 e. The Balaban J connectivity index is 1.55. The van der Waals surface area contributed by atoms with Crippen LogP contribution in [-0.4, -0.2) is 37.7 Å². The lowest BCUT2D eigenvalue weighted by atomic mass is 10.1. The van der Waals surface area contributed by atoms with Crippen molar-refractivity contribution in [2.24, 2.45) is 5.10 Å². The normalized spacial score (nSPS) is 10.6. The zero-order valence-corrected chi connectivity index (χ0v) is 20.3. The number of carbonyl (C=O) groups is 3. The molecule has 180 valence electrons. The summed E-state index contributed by atoms with van der Waals surface area (Å²) in [5.74, 6) is -1.03. The highest BCUT2D eigenvalue weighted by Crippen LogP contribution is 2.29. The van der Waals surface area contributed by atoms with Crippen molar-refractivity contribution in [2.75, 3.05) is 13.7 Å². The van der Waals surface area contributed by atoms with Gasteiger partial charge in [-0.25, -0.2) is 10.2 Å². The Hall–Kier alpha value is -3.88. The number of ether oxygens (including phenoxy) is 2. The molecule has 0 bridgehead atoms. The van der Waals surface area contributed by atoms with E-state index in [0.717, 1.165) is 5.56 Å². The first-order valence-electron chi connectivity index (χ1n) is 10.3. The molecular formula is C25H21Cl2N3O5. The summed E-state index contributed by atoms with van der Waals surface area (Å²) >= 11 is 11.8. The molecule has 10 heteroatoms. The van der Waals surface area contributed by atoms with Crippen LogP contribution in [0.2, 0.25) is 10.0 Å². The number of nitrogens with one attached hydrogen (secondary N) is 2. The van der Waals surface area contributed by atoms with Crippen molar-refractivity contribution in [3.63, 3.8) is 0 Å². The quantitative estimate of drug-likeness (QED) is 0.201. The number of carbonyl (C=O) groups excluding carboxylic acids is 3. The first-order valence-corrected chi connectivity index (χ1v) is 11.0. The van der Waals surface area contributed by atoms with E-state index in [1.54, 1.807) is 30.3 Å². The fourth-order valence-electron chi connectivity index (χ4n) is 2.90. The number of halogens is 2. The number of hydrogen-bond donors (Lipinski definition) is 2. The molecule has 0 aromatic heterocycles. The number of rotatable bonds is 8. The van der Waals surface area contributed by atoms with Crippen molar-refractivity contribution in [3.8, 4) is 11.5 Å². The van der Waals surface area contributed by atoms with Gasteiger partial charge in [-0.3, -0.25) is 9.59 Å². The minimum atomic E-state index is -0.636. The monoisotopic (exact) mass is 513 g/mol. The Morgan fingerprint density at radius 3 is 2.46 bits per heavy atom. The van der Waals surface area contributed by atoms with Crippen LogP contribution in [0.3, 0.4) is 0 Å². The molecule has 0 aliphatic rings. The Morgan fingerprint density at radius 1 is 0.943 bits per heavy atom. The highest BCUT2D eigenvalue weighted by Gasteiger charge is 2.14. The fraction of sp³-hybridized carbons (Fsp3) is 0.120. The van der Waals surface area contributed by atoms with Gasteiger partial charge in [-0.05, 0) is 61.0 Å². The molecule has 3 aromatic rings. The number of hydrogen-bond acceptors (Lipinski definition) is 6. The number of hydrazone groups is 1. The summed E-state index contributed by atoms with van der Waals surface area (Å²) < 4.78 is 10.7. The predicted molar refractivity (Wildman–Crippen MR) is 134 cm³/mol. The van der Waals surface area contributed by atoms with Crippen LogP contribution < -0.4 is 20.2 Å². The molecule has 0 aliphatic carbocycles. The molecule has 0 aliphatic heterocycles. The standard InChI is InChI=1S/C25H21Cl2N3O5/c1-15-4-3-5-17(10-15)24(32)28-14-23(31)30-29-13-16-6-9-21(22(11-16)34-2)35-25(33)18-7-8-19(26)20(27)12-18/h3-13H,14H2,1-2H3,(H,28,32)(H,30,31). The van der Waals surface area contributed by atoms with Gasteiger partial charge in [-0.1, -0.05) is 40.9 Å². The SMILES string of the molecule is COc1cc(C=NNC(=O)CNC(=O)c2cccc(C)c2)ccc1OC(=O)c1ccc(Cl)c(Cl)c1. The summed E-state index contributed by atoms with van der Waals surface area (Å²) in [5.41, 5.74) is 4.54. The number of nitrogens with zero attached hydrogens (tertiary/aromatic N) is 1. The van der Waals surface area contributed by atoms with Crippen LogP contribution in [0, 0.1) is 6.92 Å². The smallest absolute Gasteiger partial charge is 0.343 e. The average Bonchev–Trinajstić information content (AvgIpc) is 2.84. The minimum absolute atomic E-state index is 0.184. The molecule has 35 heavy (non-hydrogen) atoms. The van der Waals surface area contributed by atoms with Crippen molar-refractivity contribution in [1.29, 1.82) is 0 Å². The zero-order chi connectivity index (χ0) is 25.4. The lowest BCUT2D eigenvalue weighted by Gasteiger charge is -2.10. The van der Waals surface area contributed by atoms with Gasteiger partial charge in [-0.15, -0.1) is 0 Å². The molecule has 0 saturated heterocycles. The summed E-state index contributed by atoms with van der Waals surface area (Å²) in [6.07, 6.45) is 1.38. The Morgan fingerprint density at radius 2 is 1.74 bits per heavy atom. The molecule has 0 atom stereocenters. The van der Waals surface area contributed by atoms with Gasteiger partial charge in [0, 0.05) is 5.56 Å². The van der Waals surface area contributed by atoms with E-state index < -0.39 is 11.9 Å². The lowest BCUT2D eigenvalue weighted by Crippen LogP contribution is -2.34. The van der Waals surface area contributed by atoms with Crippen LogP contribution in [0.4, 0.5) is 0 Å². The fourth-order valence-corrected chi connectivity index (χ4v) is 3.20. The number of benzene rings is 3. The predicted octanol–water partition coefficient (Wildman–Crippen LogP) is 4.41. The van der Waals surface area contributed by atoms with E-state index in [0.29, 0.717) is 16.1 Å². The van der Waals surface area contributed by atoms with Crippen molar-refractivity contribution >= 4 is 47.2 Å². The summed E-state index contributed by atoms with van der Waals surface area (Å²) in [6, 6.07) is 16.2. The zero-order valence-electron chi connectivity index (χ0n) is 18.8. The molecule has 0 heterocycles. The van der Waals surface area contributed by atoms with E-state index in [9.17, 15) is 14.4 Å². The summed E-state index contributed by atoms with van der Waals surface area (Å²) in [5, 5.41) is 6.96. The van der Waals surface area contributed by atoms with E-state index in [4.69, 9.17) is 32.7 Å². The molecule has 0 spiro atoms. The molecule has 0 fully saturated rings. The van der Waals surface area contributed by atoms with E-state index in [-0.39, 0.29) is 34.5 Å². The van der Waals surface area contributed by atoms with Crippen LogP contribution in [-0.2, 0) is 4.79 Å². The Labute approximate surface area is 211 Å². The second-order valence-electron chi connectivity index (χ2n) is 7.27. The molecule has 8 nitrogen and oxygen atoms in total. The van der Waals surface area contributed by atoms with Crippen molar-refractivity contribution in [2.45, 2.75) is 6.92 Å². The molecule has 0 radical (unpaired) electrons. The summed E-state index contributed by atoms with van der Waals surface area (Å²) in [4.78, 5) is 36.5. The second kappa shape index (κ2) is 12.0. The molecular weight excluding hydrogens is 493 g/mol. The van der Waals surface area contributed by atoms with Crippen LogP contribution >= 0.6 is 23.2 Å². The third-order valence-corrected chi connectivity index (χ3v) is 5.38. The highest BCUT2D eigenvalue weighted by atomic mass is 35.5. The van der Waals surface area contributed by atoms with Gasteiger partial charge in [0.15, 0.2) is 11.5 Å². The topological polar surface area (TPSA) is 106 Å². The average molecular weight is 514 g/mol. The first-order chi connectivity index (χ1) is 16.8. The van der Waals surface area contributed by atoms with Crippen LogP contribution in [0.25, 0.3) is 0 Å². The lowest BCUT2D eigenvalue weighted by molar-refractivity contribution is -0.120. The molecule has 0 unspecified atom stereocenters. The van der Waals surface area contributed by atoms with Crippen molar-refractivity contribution in [1.82, 2.24) is 10.7 Å². The van der Waals surface area contributed by atoms with Gasteiger partial charge in [-0.2, -0.15) is 5.10 Å². The summed E-state index contributed by atoms with van der Waals surface area (Å²) in [6.45, 7) is 1.64. The third kappa shape index (κ3) is 7.30. The Bertz CT molecular complexity index is 1290. The second-order valence-corrected chi connectivity index (χ2v) is 8.09. The molecule has 0 saturated carbocycles. The van der Waals surface area contributed by atoms with Gasteiger partial charge in [0.05, 0.1) is 35.5 Å². The van der Waals surface area contributed by atoms with Gasteiger partial charge in [0.25, 0.3) is 11.8 Å². The number of methoxy groups -OCH3 is 1. The number of aryl methyl sites for hydroxylation is 1. The van der Waals surface area contributed by atoms with Gasteiger partial charge in [0.1, 0.15) is 0 Å².